The van der Waals surface area contributed by atoms with Gasteiger partial charge in [-0.2, -0.15) is 0 Å². The number of hydrogen-bond acceptors (Lipinski definition) is 3. The van der Waals surface area contributed by atoms with Crippen LogP contribution in [0.2, 0.25) is 0 Å². The summed E-state index contributed by atoms with van der Waals surface area (Å²) in [6.07, 6.45) is -2.49. The Hall–Kier alpha value is -1.36. The van der Waals surface area contributed by atoms with Crippen LogP contribution in [0.25, 0.3) is 0 Å². The molecule has 1 rings (SSSR count). The maximum Gasteiger partial charge on any atom is 0.272 e. The van der Waals surface area contributed by atoms with Gasteiger partial charge in [0.15, 0.2) is 11.5 Å². The number of ether oxygens (including phenoxy) is 2. The predicted octanol–water partition coefficient (Wildman–Crippen LogP) is 2.84. The summed E-state index contributed by atoms with van der Waals surface area (Å²) in [6.45, 7) is 4.11. The fourth-order valence-electron chi connectivity index (χ4n) is 1.42. The van der Waals surface area contributed by atoms with Crippen LogP contribution in [0.3, 0.4) is 0 Å². The van der Waals surface area contributed by atoms with Crippen LogP contribution in [-0.4, -0.2) is 26.2 Å². The second kappa shape index (κ2) is 7.16. The van der Waals surface area contributed by atoms with Gasteiger partial charge in [0, 0.05) is 12.6 Å². The zero-order valence-corrected chi connectivity index (χ0v) is 10.9. The first-order chi connectivity index (χ1) is 8.52. The molecule has 1 aromatic rings. The average molecular weight is 259 g/mol. The number of halogens is 2. The molecule has 0 aromatic heterocycles. The molecule has 0 saturated heterocycles. The van der Waals surface area contributed by atoms with E-state index >= 15 is 0 Å². The van der Waals surface area contributed by atoms with Gasteiger partial charge in [-0.3, -0.25) is 0 Å². The average Bonchev–Trinajstić information content (AvgIpc) is 2.33. The van der Waals surface area contributed by atoms with Crippen molar-refractivity contribution in [2.45, 2.75) is 32.9 Å². The van der Waals surface area contributed by atoms with E-state index in [0.717, 1.165) is 5.56 Å². The quantitative estimate of drug-likeness (QED) is 0.816. The van der Waals surface area contributed by atoms with Gasteiger partial charge in [0.05, 0.1) is 7.11 Å². The summed E-state index contributed by atoms with van der Waals surface area (Å²) in [4.78, 5) is 0. The molecule has 0 aliphatic carbocycles. The van der Waals surface area contributed by atoms with Crippen LogP contribution in [0.5, 0.6) is 11.5 Å². The highest BCUT2D eigenvalue weighted by molar-refractivity contribution is 5.42. The lowest BCUT2D eigenvalue weighted by Gasteiger charge is -2.13. The molecule has 0 aliphatic heterocycles. The number of benzene rings is 1. The molecular weight excluding hydrogens is 240 g/mol. The van der Waals surface area contributed by atoms with E-state index < -0.39 is 13.0 Å². The number of alkyl halides is 2. The summed E-state index contributed by atoms with van der Waals surface area (Å²) in [5, 5.41) is 3.25. The second-order valence-electron chi connectivity index (χ2n) is 4.22. The molecular formula is C13H19F2NO2. The molecule has 0 amide bonds. The zero-order valence-electron chi connectivity index (χ0n) is 10.9. The molecule has 0 aliphatic rings. The van der Waals surface area contributed by atoms with E-state index in [1.807, 2.05) is 19.9 Å². The Balaban J connectivity index is 2.74. The van der Waals surface area contributed by atoms with Crippen molar-refractivity contribution in [2.24, 2.45) is 0 Å². The number of methoxy groups -OCH3 is 1. The molecule has 102 valence electrons. The highest BCUT2D eigenvalue weighted by Crippen LogP contribution is 2.28. The van der Waals surface area contributed by atoms with E-state index in [-0.39, 0.29) is 0 Å². The van der Waals surface area contributed by atoms with Crippen LogP contribution in [0.1, 0.15) is 19.4 Å². The molecule has 0 spiro atoms. The van der Waals surface area contributed by atoms with Crippen LogP contribution in [-0.2, 0) is 6.54 Å². The van der Waals surface area contributed by atoms with Gasteiger partial charge < -0.3 is 14.8 Å². The van der Waals surface area contributed by atoms with Gasteiger partial charge in [0.25, 0.3) is 6.43 Å². The molecule has 0 saturated carbocycles. The Morgan fingerprint density at radius 3 is 2.50 bits per heavy atom. The van der Waals surface area contributed by atoms with Gasteiger partial charge in [-0.1, -0.05) is 19.9 Å². The third kappa shape index (κ3) is 4.87. The summed E-state index contributed by atoms with van der Waals surface area (Å²) < 4.78 is 34.4. The Morgan fingerprint density at radius 2 is 1.94 bits per heavy atom. The van der Waals surface area contributed by atoms with Crippen molar-refractivity contribution >= 4 is 0 Å². The van der Waals surface area contributed by atoms with Gasteiger partial charge in [0.2, 0.25) is 0 Å². The third-order valence-electron chi connectivity index (χ3n) is 2.31. The summed E-state index contributed by atoms with van der Waals surface area (Å²) in [6, 6.07) is 5.68. The molecule has 0 unspecified atom stereocenters. The maximum absolute atomic E-state index is 12.1. The standard InChI is InChI=1S/C13H19F2NO2/c1-9(2)16-7-10-4-5-11(17-3)12(6-10)18-8-13(14)15/h4-6,9,13,16H,7-8H2,1-3H3. The summed E-state index contributed by atoms with van der Waals surface area (Å²) in [7, 11) is 1.48. The number of rotatable bonds is 7. The Morgan fingerprint density at radius 1 is 1.22 bits per heavy atom. The van der Waals surface area contributed by atoms with Crippen molar-refractivity contribution in [2.75, 3.05) is 13.7 Å². The SMILES string of the molecule is COc1ccc(CNC(C)C)cc1OCC(F)F. The fraction of sp³-hybridized carbons (Fsp3) is 0.538. The molecule has 1 aromatic carbocycles. The van der Waals surface area contributed by atoms with E-state index in [1.165, 1.54) is 7.11 Å². The van der Waals surface area contributed by atoms with Crippen molar-refractivity contribution in [1.82, 2.24) is 5.32 Å². The van der Waals surface area contributed by atoms with Crippen molar-refractivity contribution in [1.29, 1.82) is 0 Å². The molecule has 0 fully saturated rings. The Bertz CT molecular complexity index is 370. The van der Waals surface area contributed by atoms with E-state index in [4.69, 9.17) is 9.47 Å². The smallest absolute Gasteiger partial charge is 0.272 e. The van der Waals surface area contributed by atoms with E-state index in [9.17, 15) is 8.78 Å². The number of nitrogens with one attached hydrogen (secondary N) is 1. The van der Waals surface area contributed by atoms with E-state index in [1.54, 1.807) is 12.1 Å². The predicted molar refractivity (Wildman–Crippen MR) is 66.5 cm³/mol. The van der Waals surface area contributed by atoms with E-state index in [2.05, 4.69) is 5.32 Å². The van der Waals surface area contributed by atoms with Crippen molar-refractivity contribution in [3.8, 4) is 11.5 Å². The van der Waals surface area contributed by atoms with Crippen molar-refractivity contribution < 1.29 is 18.3 Å². The van der Waals surface area contributed by atoms with Crippen LogP contribution >= 0.6 is 0 Å². The minimum Gasteiger partial charge on any atom is -0.493 e. The normalized spacial score (nSPS) is 11.1. The summed E-state index contributed by atoms with van der Waals surface area (Å²) in [5.74, 6) is 0.810. The summed E-state index contributed by atoms with van der Waals surface area (Å²) >= 11 is 0. The molecule has 18 heavy (non-hydrogen) atoms. The first-order valence-electron chi connectivity index (χ1n) is 5.84. The number of hydrogen-bond donors (Lipinski definition) is 1. The van der Waals surface area contributed by atoms with Crippen LogP contribution in [0.15, 0.2) is 18.2 Å². The molecule has 0 atom stereocenters. The van der Waals surface area contributed by atoms with Crippen molar-refractivity contribution in [3.63, 3.8) is 0 Å². The largest absolute Gasteiger partial charge is 0.493 e. The van der Waals surface area contributed by atoms with Crippen LogP contribution in [0, 0.1) is 0 Å². The Kier molecular flexibility index (Phi) is 5.85. The minimum absolute atomic E-state index is 0.348. The minimum atomic E-state index is -2.49. The van der Waals surface area contributed by atoms with Gasteiger partial charge in [-0.15, -0.1) is 0 Å². The first kappa shape index (κ1) is 14.7. The van der Waals surface area contributed by atoms with Gasteiger partial charge in [-0.25, -0.2) is 8.78 Å². The van der Waals surface area contributed by atoms with Crippen molar-refractivity contribution in [3.05, 3.63) is 23.8 Å². The molecule has 3 nitrogen and oxygen atoms in total. The highest BCUT2D eigenvalue weighted by Gasteiger charge is 2.09. The lowest BCUT2D eigenvalue weighted by Crippen LogP contribution is -2.21. The molecule has 0 heterocycles. The fourth-order valence-corrected chi connectivity index (χ4v) is 1.42. The van der Waals surface area contributed by atoms with Gasteiger partial charge in [-0.05, 0) is 17.7 Å². The second-order valence-corrected chi connectivity index (χ2v) is 4.22. The molecule has 0 bridgehead atoms. The molecule has 5 heteroatoms. The first-order valence-corrected chi connectivity index (χ1v) is 5.84. The van der Waals surface area contributed by atoms with Crippen LogP contribution < -0.4 is 14.8 Å². The topological polar surface area (TPSA) is 30.5 Å². The summed E-state index contributed by atoms with van der Waals surface area (Å²) in [5.41, 5.74) is 0.966. The van der Waals surface area contributed by atoms with Gasteiger partial charge >= 0.3 is 0 Å². The molecule has 1 N–H and O–H groups in total. The van der Waals surface area contributed by atoms with E-state index in [0.29, 0.717) is 24.1 Å². The lowest BCUT2D eigenvalue weighted by atomic mass is 10.2. The highest BCUT2D eigenvalue weighted by atomic mass is 19.3. The third-order valence-corrected chi connectivity index (χ3v) is 2.31. The monoisotopic (exact) mass is 259 g/mol. The Labute approximate surface area is 106 Å². The lowest BCUT2D eigenvalue weighted by molar-refractivity contribution is 0.0804. The maximum atomic E-state index is 12.1. The van der Waals surface area contributed by atoms with Gasteiger partial charge in [0.1, 0.15) is 6.61 Å². The zero-order chi connectivity index (χ0) is 13.5. The van der Waals surface area contributed by atoms with Crippen LogP contribution in [0.4, 0.5) is 8.78 Å². The molecule has 0 radical (unpaired) electrons.